The molecular weight excluding hydrogens is 398 g/mol. The molecule has 6 nitrogen and oxygen atoms in total. The molecule has 0 aliphatic carbocycles. The maximum atomic E-state index is 9.55. The zero-order valence-electron chi connectivity index (χ0n) is 15.1. The molecule has 2 aromatic rings. The Morgan fingerprint density at radius 2 is 1.92 bits per heavy atom. The van der Waals surface area contributed by atoms with Gasteiger partial charge in [0.05, 0.1) is 26.2 Å². The summed E-state index contributed by atoms with van der Waals surface area (Å²) in [7, 11) is 6.91. The Balaban J connectivity index is 2.31. The minimum Gasteiger partial charge on any atom is -0.497 e. The van der Waals surface area contributed by atoms with Crippen molar-refractivity contribution in [2.75, 3.05) is 28.3 Å². The molecule has 0 unspecified atom stereocenters. The summed E-state index contributed by atoms with van der Waals surface area (Å²) in [4.78, 5) is 6.13. The average molecular weight is 418 g/mol. The maximum Gasteiger partial charge on any atom is 0.140 e. The average Bonchev–Trinajstić information content (AvgIpc) is 2.64. The summed E-state index contributed by atoms with van der Waals surface area (Å²) in [5.41, 5.74) is 1.75. The molecule has 2 aromatic carbocycles. The van der Waals surface area contributed by atoms with E-state index in [1.165, 1.54) is 0 Å². The molecule has 0 bridgehead atoms. The van der Waals surface area contributed by atoms with Gasteiger partial charge in [-0.25, -0.2) is 4.99 Å². The highest BCUT2D eigenvalue weighted by Gasteiger charge is 2.13. The van der Waals surface area contributed by atoms with Crippen molar-refractivity contribution in [3.8, 4) is 23.3 Å². The SMILES string of the molecule is COc1ccc(COc2cc(Br)cc(N=CN(C)C)c2C#N)c(OC)c1. The second kappa shape index (κ2) is 9.11. The first-order chi connectivity index (χ1) is 12.5. The molecule has 136 valence electrons. The van der Waals surface area contributed by atoms with Crippen LogP contribution in [-0.4, -0.2) is 39.6 Å². The molecule has 26 heavy (non-hydrogen) atoms. The molecule has 0 aromatic heterocycles. The lowest BCUT2D eigenvalue weighted by Gasteiger charge is -2.13. The van der Waals surface area contributed by atoms with Crippen molar-refractivity contribution in [3.63, 3.8) is 0 Å². The molecule has 0 spiro atoms. The van der Waals surface area contributed by atoms with Gasteiger partial charge in [0.25, 0.3) is 0 Å². The summed E-state index contributed by atoms with van der Waals surface area (Å²) in [6.45, 7) is 0.245. The van der Waals surface area contributed by atoms with Crippen LogP contribution in [0.1, 0.15) is 11.1 Å². The summed E-state index contributed by atoms with van der Waals surface area (Å²) >= 11 is 3.44. The summed E-state index contributed by atoms with van der Waals surface area (Å²) in [5, 5.41) is 9.55. The lowest BCUT2D eigenvalue weighted by Crippen LogP contribution is -2.07. The van der Waals surface area contributed by atoms with Gasteiger partial charge in [-0.1, -0.05) is 15.9 Å². The Morgan fingerprint density at radius 1 is 1.15 bits per heavy atom. The lowest BCUT2D eigenvalue weighted by atomic mass is 10.1. The fourth-order valence-corrected chi connectivity index (χ4v) is 2.63. The number of halogens is 1. The van der Waals surface area contributed by atoms with Gasteiger partial charge in [0, 0.05) is 30.2 Å². The van der Waals surface area contributed by atoms with Crippen LogP contribution in [0.2, 0.25) is 0 Å². The van der Waals surface area contributed by atoms with Gasteiger partial charge in [-0.3, -0.25) is 0 Å². The van der Waals surface area contributed by atoms with Crippen molar-refractivity contribution in [1.29, 1.82) is 5.26 Å². The van der Waals surface area contributed by atoms with Crippen molar-refractivity contribution in [1.82, 2.24) is 4.90 Å². The third-order valence-electron chi connectivity index (χ3n) is 3.46. The predicted molar refractivity (Wildman–Crippen MR) is 105 cm³/mol. The predicted octanol–water partition coefficient (Wildman–Crippen LogP) is 4.14. The van der Waals surface area contributed by atoms with Gasteiger partial charge in [-0.05, 0) is 24.3 Å². The highest BCUT2D eigenvalue weighted by molar-refractivity contribution is 9.10. The normalized spacial score (nSPS) is 10.5. The van der Waals surface area contributed by atoms with Gasteiger partial charge in [0.15, 0.2) is 0 Å². The van der Waals surface area contributed by atoms with Crippen LogP contribution in [0.15, 0.2) is 39.8 Å². The van der Waals surface area contributed by atoms with Crippen LogP contribution in [0.5, 0.6) is 17.2 Å². The van der Waals surface area contributed by atoms with Crippen LogP contribution >= 0.6 is 15.9 Å². The molecule has 0 fully saturated rings. The Hall–Kier alpha value is -2.72. The third kappa shape index (κ3) is 4.90. The molecule has 0 radical (unpaired) electrons. The maximum absolute atomic E-state index is 9.55. The number of rotatable bonds is 7. The van der Waals surface area contributed by atoms with E-state index < -0.39 is 0 Å². The first-order valence-electron chi connectivity index (χ1n) is 7.76. The summed E-state index contributed by atoms with van der Waals surface area (Å²) in [6, 6.07) is 11.2. The highest BCUT2D eigenvalue weighted by Crippen LogP contribution is 2.34. The number of aliphatic imine (C=N–C) groups is 1. The van der Waals surface area contributed by atoms with Crippen molar-refractivity contribution >= 4 is 28.0 Å². The van der Waals surface area contributed by atoms with Crippen molar-refractivity contribution in [3.05, 3.63) is 45.9 Å². The van der Waals surface area contributed by atoms with Gasteiger partial charge in [-0.15, -0.1) is 0 Å². The monoisotopic (exact) mass is 417 g/mol. The summed E-state index contributed by atoms with van der Waals surface area (Å²) in [6.07, 6.45) is 1.64. The van der Waals surface area contributed by atoms with Gasteiger partial charge in [0.1, 0.15) is 35.5 Å². The molecule has 7 heteroatoms. The molecule has 0 atom stereocenters. The Bertz CT molecular complexity index is 845. The minimum absolute atomic E-state index is 0.245. The second-order valence-electron chi connectivity index (χ2n) is 5.58. The number of methoxy groups -OCH3 is 2. The van der Waals surface area contributed by atoms with E-state index >= 15 is 0 Å². The van der Waals surface area contributed by atoms with E-state index in [0.29, 0.717) is 28.5 Å². The van der Waals surface area contributed by atoms with Crippen LogP contribution in [0.4, 0.5) is 5.69 Å². The quantitative estimate of drug-likeness (QED) is 0.500. The van der Waals surface area contributed by atoms with E-state index in [-0.39, 0.29) is 6.61 Å². The molecule has 0 saturated carbocycles. The number of hydrogen-bond donors (Lipinski definition) is 0. The third-order valence-corrected chi connectivity index (χ3v) is 3.92. The molecule has 0 saturated heterocycles. The van der Waals surface area contributed by atoms with E-state index in [1.54, 1.807) is 43.7 Å². The second-order valence-corrected chi connectivity index (χ2v) is 6.50. The van der Waals surface area contributed by atoms with Crippen LogP contribution in [-0.2, 0) is 6.61 Å². The van der Waals surface area contributed by atoms with E-state index in [0.717, 1.165) is 10.0 Å². The molecule has 0 aliphatic heterocycles. The largest absolute Gasteiger partial charge is 0.497 e. The van der Waals surface area contributed by atoms with Gasteiger partial charge >= 0.3 is 0 Å². The minimum atomic E-state index is 0.245. The molecular formula is C19H20BrN3O3. The molecule has 0 aliphatic rings. The molecule has 0 N–H and O–H groups in total. The van der Waals surface area contributed by atoms with E-state index in [4.69, 9.17) is 14.2 Å². The zero-order valence-corrected chi connectivity index (χ0v) is 16.7. The van der Waals surface area contributed by atoms with Gasteiger partial charge in [0.2, 0.25) is 0 Å². The van der Waals surface area contributed by atoms with Crippen LogP contribution in [0.25, 0.3) is 0 Å². The highest BCUT2D eigenvalue weighted by atomic mass is 79.9. The fraction of sp³-hybridized carbons (Fsp3) is 0.263. The van der Waals surface area contributed by atoms with Crippen LogP contribution < -0.4 is 14.2 Å². The van der Waals surface area contributed by atoms with E-state index in [2.05, 4.69) is 27.0 Å². The number of hydrogen-bond acceptors (Lipinski definition) is 5. The lowest BCUT2D eigenvalue weighted by molar-refractivity contribution is 0.295. The van der Waals surface area contributed by atoms with Crippen LogP contribution in [0, 0.1) is 11.3 Å². The summed E-state index contributed by atoms with van der Waals surface area (Å²) < 4.78 is 17.3. The van der Waals surface area contributed by atoms with Crippen molar-refractivity contribution < 1.29 is 14.2 Å². The van der Waals surface area contributed by atoms with E-state index in [9.17, 15) is 5.26 Å². The van der Waals surface area contributed by atoms with Gasteiger partial charge < -0.3 is 19.1 Å². The zero-order chi connectivity index (χ0) is 19.1. The molecule has 2 rings (SSSR count). The Labute approximate surface area is 161 Å². The Morgan fingerprint density at radius 3 is 2.54 bits per heavy atom. The number of benzene rings is 2. The van der Waals surface area contributed by atoms with Gasteiger partial charge in [-0.2, -0.15) is 5.26 Å². The fourth-order valence-electron chi connectivity index (χ4n) is 2.20. The number of nitrogens with zero attached hydrogens (tertiary/aromatic N) is 3. The Kier molecular flexibility index (Phi) is 6.87. The topological polar surface area (TPSA) is 67.1 Å². The van der Waals surface area contributed by atoms with Crippen LogP contribution in [0.3, 0.4) is 0 Å². The summed E-state index contributed by atoms with van der Waals surface area (Å²) in [5.74, 6) is 1.81. The molecule has 0 heterocycles. The molecule has 0 amide bonds. The van der Waals surface area contributed by atoms with Crippen molar-refractivity contribution in [2.24, 2.45) is 4.99 Å². The first-order valence-corrected chi connectivity index (χ1v) is 8.55. The standard InChI is InChI=1S/C19H20BrN3O3/c1-23(2)12-22-17-7-14(20)8-19(16(17)10-21)26-11-13-5-6-15(24-3)9-18(13)25-4/h5-9,12H,11H2,1-4H3. The smallest absolute Gasteiger partial charge is 0.140 e. The first kappa shape index (κ1) is 19.6. The van der Waals surface area contributed by atoms with Crippen molar-refractivity contribution in [2.45, 2.75) is 6.61 Å². The van der Waals surface area contributed by atoms with E-state index in [1.807, 2.05) is 26.2 Å². The number of ether oxygens (including phenoxy) is 3. The number of nitriles is 1.